The van der Waals surface area contributed by atoms with Crippen LogP contribution in [0.15, 0.2) is 0 Å². The lowest BCUT2D eigenvalue weighted by atomic mass is 9.99. The standard InChI is InChI=1S/C11H24N2O2/c1-11(2,3)9-15-10(14)13(6)8-7-12(4)5/h7-9H2,1-6H3. The van der Waals surface area contributed by atoms with Gasteiger partial charge in [0.05, 0.1) is 6.61 Å². The zero-order valence-corrected chi connectivity index (χ0v) is 10.8. The van der Waals surface area contributed by atoms with Gasteiger partial charge >= 0.3 is 6.09 Å². The molecule has 0 radical (unpaired) electrons. The molecule has 0 saturated carbocycles. The average molecular weight is 216 g/mol. The van der Waals surface area contributed by atoms with Crippen molar-refractivity contribution in [3.8, 4) is 0 Å². The maximum absolute atomic E-state index is 11.5. The molecule has 90 valence electrons. The molecule has 0 unspecified atom stereocenters. The van der Waals surface area contributed by atoms with Gasteiger partial charge in [-0.3, -0.25) is 0 Å². The minimum atomic E-state index is -0.244. The fourth-order valence-corrected chi connectivity index (χ4v) is 0.830. The zero-order valence-electron chi connectivity index (χ0n) is 10.8. The summed E-state index contributed by atoms with van der Waals surface area (Å²) in [5.41, 5.74) is 0.0258. The predicted octanol–water partition coefficient (Wildman–Crippen LogP) is 1.66. The molecule has 4 nitrogen and oxygen atoms in total. The Morgan fingerprint density at radius 3 is 2.07 bits per heavy atom. The first-order valence-corrected chi connectivity index (χ1v) is 5.25. The average Bonchev–Trinajstić information content (AvgIpc) is 2.08. The van der Waals surface area contributed by atoms with E-state index in [4.69, 9.17) is 4.74 Å². The zero-order chi connectivity index (χ0) is 12.1. The maximum atomic E-state index is 11.5. The third-order valence-electron chi connectivity index (χ3n) is 1.82. The fourth-order valence-electron chi connectivity index (χ4n) is 0.830. The van der Waals surface area contributed by atoms with Crippen molar-refractivity contribution in [2.45, 2.75) is 20.8 Å². The summed E-state index contributed by atoms with van der Waals surface area (Å²) in [6.45, 7) is 8.12. The van der Waals surface area contributed by atoms with E-state index in [1.54, 1.807) is 11.9 Å². The Kier molecular flexibility index (Phi) is 5.65. The van der Waals surface area contributed by atoms with E-state index in [0.717, 1.165) is 6.54 Å². The molecular formula is C11H24N2O2. The number of carbonyl (C=O) groups excluding carboxylic acids is 1. The summed E-state index contributed by atoms with van der Waals surface area (Å²) in [6, 6.07) is 0. The van der Waals surface area contributed by atoms with Crippen molar-refractivity contribution in [1.29, 1.82) is 0 Å². The Bertz CT molecular complexity index is 197. The highest BCUT2D eigenvalue weighted by Gasteiger charge is 2.16. The molecule has 0 rings (SSSR count). The van der Waals surface area contributed by atoms with E-state index in [1.165, 1.54) is 0 Å². The molecule has 0 atom stereocenters. The minimum absolute atomic E-state index is 0.0258. The summed E-state index contributed by atoms with van der Waals surface area (Å²) in [4.78, 5) is 15.1. The molecule has 4 heteroatoms. The Hall–Kier alpha value is -0.770. The number of hydrogen-bond donors (Lipinski definition) is 0. The van der Waals surface area contributed by atoms with E-state index in [0.29, 0.717) is 13.2 Å². The lowest BCUT2D eigenvalue weighted by Crippen LogP contribution is -2.35. The molecule has 0 bridgehead atoms. The Labute approximate surface area is 93.2 Å². The summed E-state index contributed by atoms with van der Waals surface area (Å²) in [6.07, 6.45) is -0.244. The molecule has 0 aliphatic heterocycles. The topological polar surface area (TPSA) is 32.8 Å². The highest BCUT2D eigenvalue weighted by atomic mass is 16.6. The molecule has 15 heavy (non-hydrogen) atoms. The Morgan fingerprint density at radius 2 is 1.67 bits per heavy atom. The Morgan fingerprint density at radius 1 is 1.13 bits per heavy atom. The van der Waals surface area contributed by atoms with Crippen LogP contribution in [0.25, 0.3) is 0 Å². The van der Waals surface area contributed by atoms with E-state index in [1.807, 2.05) is 39.8 Å². The van der Waals surface area contributed by atoms with E-state index in [2.05, 4.69) is 0 Å². The van der Waals surface area contributed by atoms with Crippen molar-refractivity contribution in [3.63, 3.8) is 0 Å². The summed E-state index contributed by atoms with van der Waals surface area (Å²) >= 11 is 0. The van der Waals surface area contributed by atoms with Crippen molar-refractivity contribution >= 4 is 6.09 Å². The number of amides is 1. The van der Waals surface area contributed by atoms with Crippen molar-refractivity contribution in [1.82, 2.24) is 9.80 Å². The van der Waals surface area contributed by atoms with Gasteiger partial charge in [-0.2, -0.15) is 0 Å². The number of ether oxygens (including phenoxy) is 1. The number of nitrogens with zero attached hydrogens (tertiary/aromatic N) is 2. The second-order valence-corrected chi connectivity index (χ2v) is 5.34. The molecule has 0 aromatic rings. The number of carbonyl (C=O) groups is 1. The lowest BCUT2D eigenvalue weighted by molar-refractivity contribution is 0.0773. The van der Waals surface area contributed by atoms with E-state index >= 15 is 0 Å². The fraction of sp³-hybridized carbons (Fsp3) is 0.909. The predicted molar refractivity (Wildman–Crippen MR) is 62.0 cm³/mol. The molecule has 0 aromatic heterocycles. The van der Waals surface area contributed by atoms with Gasteiger partial charge in [0.1, 0.15) is 0 Å². The number of likely N-dealkylation sites (N-methyl/N-ethyl adjacent to an activating group) is 2. The summed E-state index contributed by atoms with van der Waals surface area (Å²) in [5, 5.41) is 0. The van der Waals surface area contributed by atoms with E-state index < -0.39 is 0 Å². The highest BCUT2D eigenvalue weighted by molar-refractivity contribution is 5.67. The first-order chi connectivity index (χ1) is 6.72. The first kappa shape index (κ1) is 14.2. The van der Waals surface area contributed by atoms with Gasteiger partial charge in [-0.25, -0.2) is 4.79 Å². The van der Waals surface area contributed by atoms with Gasteiger partial charge in [0.15, 0.2) is 0 Å². The molecule has 0 N–H and O–H groups in total. The molecule has 0 spiro atoms. The van der Waals surface area contributed by atoms with Crippen molar-refractivity contribution < 1.29 is 9.53 Å². The highest BCUT2D eigenvalue weighted by Crippen LogP contribution is 2.13. The molecular weight excluding hydrogens is 192 g/mol. The lowest BCUT2D eigenvalue weighted by Gasteiger charge is -2.23. The summed E-state index contributed by atoms with van der Waals surface area (Å²) in [5.74, 6) is 0. The quantitative estimate of drug-likeness (QED) is 0.716. The largest absolute Gasteiger partial charge is 0.449 e. The van der Waals surface area contributed by atoms with Gasteiger partial charge in [0.2, 0.25) is 0 Å². The smallest absolute Gasteiger partial charge is 0.409 e. The van der Waals surface area contributed by atoms with Crippen LogP contribution in [0, 0.1) is 5.41 Å². The van der Waals surface area contributed by atoms with Crippen LogP contribution in [0.5, 0.6) is 0 Å². The molecule has 0 aliphatic rings. The van der Waals surface area contributed by atoms with Crippen molar-refractivity contribution in [3.05, 3.63) is 0 Å². The van der Waals surface area contributed by atoms with Crippen LogP contribution in [-0.4, -0.2) is 56.7 Å². The van der Waals surface area contributed by atoms with Gasteiger partial charge in [0, 0.05) is 20.1 Å². The van der Waals surface area contributed by atoms with Gasteiger partial charge in [-0.15, -0.1) is 0 Å². The second-order valence-electron chi connectivity index (χ2n) is 5.34. The third-order valence-corrected chi connectivity index (χ3v) is 1.82. The van der Waals surface area contributed by atoms with Crippen molar-refractivity contribution in [2.75, 3.05) is 40.8 Å². The van der Waals surface area contributed by atoms with Gasteiger partial charge in [-0.1, -0.05) is 20.8 Å². The van der Waals surface area contributed by atoms with Gasteiger partial charge < -0.3 is 14.5 Å². The molecule has 0 aromatic carbocycles. The molecule has 0 saturated heterocycles. The van der Waals surface area contributed by atoms with E-state index in [9.17, 15) is 4.79 Å². The second kappa shape index (κ2) is 5.95. The van der Waals surface area contributed by atoms with Crippen LogP contribution in [0.3, 0.4) is 0 Å². The van der Waals surface area contributed by atoms with Crippen LogP contribution in [-0.2, 0) is 4.74 Å². The molecule has 0 heterocycles. The van der Waals surface area contributed by atoms with Crippen LogP contribution in [0.2, 0.25) is 0 Å². The molecule has 0 aliphatic carbocycles. The number of rotatable bonds is 4. The minimum Gasteiger partial charge on any atom is -0.449 e. The number of hydrogen-bond acceptors (Lipinski definition) is 3. The first-order valence-electron chi connectivity index (χ1n) is 5.25. The van der Waals surface area contributed by atoms with Crippen LogP contribution < -0.4 is 0 Å². The van der Waals surface area contributed by atoms with Crippen LogP contribution in [0.1, 0.15) is 20.8 Å². The molecule has 1 amide bonds. The SMILES string of the molecule is CN(C)CCN(C)C(=O)OCC(C)(C)C. The van der Waals surface area contributed by atoms with Crippen LogP contribution in [0.4, 0.5) is 4.79 Å². The Balaban J connectivity index is 3.80. The monoisotopic (exact) mass is 216 g/mol. The summed E-state index contributed by atoms with van der Waals surface area (Å²) in [7, 11) is 5.72. The van der Waals surface area contributed by atoms with Gasteiger partial charge in [0.25, 0.3) is 0 Å². The van der Waals surface area contributed by atoms with E-state index in [-0.39, 0.29) is 11.5 Å². The molecule has 0 fully saturated rings. The summed E-state index contributed by atoms with van der Waals surface area (Å²) < 4.78 is 5.17. The third kappa shape index (κ3) is 8.24. The van der Waals surface area contributed by atoms with Crippen LogP contribution >= 0.6 is 0 Å². The maximum Gasteiger partial charge on any atom is 0.409 e. The van der Waals surface area contributed by atoms with Gasteiger partial charge in [-0.05, 0) is 19.5 Å². The normalized spacial score (nSPS) is 11.7. The van der Waals surface area contributed by atoms with Crippen molar-refractivity contribution in [2.24, 2.45) is 5.41 Å².